The number of furan rings is 1. The molecule has 24 heavy (non-hydrogen) atoms. The van der Waals surface area contributed by atoms with Gasteiger partial charge < -0.3 is 9.73 Å². The number of aryl methyl sites for hydroxylation is 1. The molecule has 6 nitrogen and oxygen atoms in total. The molecule has 2 heterocycles. The number of thioether (sulfide) groups is 1. The van der Waals surface area contributed by atoms with E-state index in [1.165, 1.54) is 6.07 Å². The van der Waals surface area contributed by atoms with E-state index in [4.69, 9.17) is 4.42 Å². The predicted octanol–water partition coefficient (Wildman–Crippen LogP) is 2.75. The second-order valence-electron chi connectivity index (χ2n) is 5.70. The largest absolute Gasteiger partial charge is 0.465 e. The van der Waals surface area contributed by atoms with Crippen LogP contribution in [0.15, 0.2) is 44.5 Å². The van der Waals surface area contributed by atoms with Gasteiger partial charge in [0, 0.05) is 16.6 Å². The van der Waals surface area contributed by atoms with Crippen molar-refractivity contribution in [3.8, 4) is 0 Å². The average molecular weight is 366 g/mol. The molecular weight excluding hydrogens is 348 g/mol. The summed E-state index contributed by atoms with van der Waals surface area (Å²) in [5, 5.41) is 2.79. The number of fused-ring (bicyclic) bond motifs is 1. The van der Waals surface area contributed by atoms with E-state index in [-0.39, 0.29) is 23.3 Å². The summed E-state index contributed by atoms with van der Waals surface area (Å²) < 4.78 is 32.8. The van der Waals surface area contributed by atoms with Gasteiger partial charge in [-0.05, 0) is 37.3 Å². The van der Waals surface area contributed by atoms with Crippen LogP contribution in [-0.2, 0) is 21.4 Å². The molecular formula is C16H18N2O4S2. The van der Waals surface area contributed by atoms with Gasteiger partial charge in [0.1, 0.15) is 11.5 Å². The van der Waals surface area contributed by atoms with Crippen LogP contribution in [0.1, 0.15) is 18.4 Å². The number of carbonyl (C=O) groups is 1. The van der Waals surface area contributed by atoms with E-state index < -0.39 is 10.0 Å². The van der Waals surface area contributed by atoms with E-state index in [1.54, 1.807) is 43.0 Å². The van der Waals surface area contributed by atoms with Gasteiger partial charge in [-0.2, -0.15) is 0 Å². The molecule has 3 rings (SSSR count). The van der Waals surface area contributed by atoms with Crippen molar-refractivity contribution in [2.75, 3.05) is 11.1 Å². The Hall–Kier alpha value is -1.77. The Morgan fingerprint density at radius 1 is 1.33 bits per heavy atom. The molecule has 0 spiro atoms. The molecule has 1 atom stereocenters. The highest BCUT2D eigenvalue weighted by atomic mass is 32.2. The second kappa shape index (κ2) is 6.62. The Labute approximate surface area is 145 Å². The molecule has 2 N–H and O–H groups in total. The van der Waals surface area contributed by atoms with E-state index in [2.05, 4.69) is 10.0 Å². The van der Waals surface area contributed by atoms with Crippen molar-refractivity contribution < 1.29 is 17.6 Å². The van der Waals surface area contributed by atoms with Crippen LogP contribution in [0.3, 0.4) is 0 Å². The smallest absolute Gasteiger partial charge is 0.241 e. The normalized spacial score (nSPS) is 17.9. The molecule has 1 aliphatic rings. The summed E-state index contributed by atoms with van der Waals surface area (Å²) in [6.07, 6.45) is 0. The summed E-state index contributed by atoms with van der Waals surface area (Å²) in [5.41, 5.74) is 0.533. The third kappa shape index (κ3) is 3.66. The lowest BCUT2D eigenvalue weighted by Crippen LogP contribution is -2.23. The number of sulfonamides is 1. The lowest BCUT2D eigenvalue weighted by molar-refractivity contribution is -0.118. The summed E-state index contributed by atoms with van der Waals surface area (Å²) in [4.78, 5) is 12.9. The number of hydrogen-bond acceptors (Lipinski definition) is 5. The van der Waals surface area contributed by atoms with E-state index in [9.17, 15) is 13.2 Å². The topological polar surface area (TPSA) is 88.4 Å². The Morgan fingerprint density at radius 3 is 2.83 bits per heavy atom. The molecule has 1 aromatic carbocycles. The van der Waals surface area contributed by atoms with Gasteiger partial charge in [-0.1, -0.05) is 6.92 Å². The molecule has 1 aliphatic heterocycles. The van der Waals surface area contributed by atoms with Crippen LogP contribution in [0.5, 0.6) is 0 Å². The SMILES string of the molecule is Cc1ccc(CNS(=O)(=O)c2ccc3c(c2)NC(=O)[C@H](C)CS3)o1. The monoisotopic (exact) mass is 366 g/mol. The lowest BCUT2D eigenvalue weighted by Gasteiger charge is -2.10. The predicted molar refractivity (Wildman–Crippen MR) is 92.4 cm³/mol. The van der Waals surface area contributed by atoms with Crippen LogP contribution in [-0.4, -0.2) is 20.1 Å². The van der Waals surface area contributed by atoms with Gasteiger partial charge >= 0.3 is 0 Å². The fourth-order valence-electron chi connectivity index (χ4n) is 2.28. The molecule has 128 valence electrons. The molecule has 0 radical (unpaired) electrons. The molecule has 2 aromatic rings. The minimum atomic E-state index is -3.70. The van der Waals surface area contributed by atoms with Crippen LogP contribution in [0.25, 0.3) is 0 Å². The standard InChI is InChI=1S/C16H18N2O4S2/c1-10-9-23-15-6-5-13(7-14(15)18-16(10)19)24(20,21)17-8-12-4-3-11(2)22-12/h3-7,10,17H,8-9H2,1-2H3,(H,18,19)/t10-/m1/s1. The second-order valence-corrected chi connectivity index (χ2v) is 8.52. The highest BCUT2D eigenvalue weighted by Crippen LogP contribution is 2.34. The number of benzene rings is 1. The molecule has 0 aliphatic carbocycles. The van der Waals surface area contributed by atoms with Crippen LogP contribution >= 0.6 is 11.8 Å². The molecule has 1 aromatic heterocycles. The first kappa shape index (κ1) is 17.1. The number of nitrogens with one attached hydrogen (secondary N) is 2. The Balaban J connectivity index is 1.81. The van der Waals surface area contributed by atoms with Gasteiger partial charge in [-0.3, -0.25) is 4.79 Å². The van der Waals surface area contributed by atoms with Crippen molar-refractivity contribution in [3.05, 3.63) is 41.9 Å². The molecule has 0 saturated carbocycles. The van der Waals surface area contributed by atoms with Crippen molar-refractivity contribution in [1.82, 2.24) is 4.72 Å². The fourth-order valence-corrected chi connectivity index (χ4v) is 4.31. The van der Waals surface area contributed by atoms with Crippen LogP contribution in [0.4, 0.5) is 5.69 Å². The number of rotatable bonds is 4. The van der Waals surface area contributed by atoms with Crippen molar-refractivity contribution in [2.45, 2.75) is 30.2 Å². The highest BCUT2D eigenvalue weighted by Gasteiger charge is 2.23. The first-order chi connectivity index (χ1) is 11.3. The third-order valence-corrected chi connectivity index (χ3v) is 6.42. The van der Waals surface area contributed by atoms with Crippen molar-refractivity contribution >= 4 is 33.4 Å². The van der Waals surface area contributed by atoms with E-state index in [0.29, 0.717) is 17.2 Å². The summed E-state index contributed by atoms with van der Waals surface area (Å²) in [6, 6.07) is 8.27. The Bertz CT molecular complexity index is 874. The van der Waals surface area contributed by atoms with Gasteiger partial charge in [0.25, 0.3) is 0 Å². The number of amides is 1. The maximum Gasteiger partial charge on any atom is 0.241 e. The van der Waals surface area contributed by atoms with Gasteiger partial charge in [0.2, 0.25) is 15.9 Å². The molecule has 0 saturated heterocycles. The van der Waals surface area contributed by atoms with Gasteiger partial charge in [-0.15, -0.1) is 11.8 Å². The zero-order valence-corrected chi connectivity index (χ0v) is 15.0. The van der Waals surface area contributed by atoms with E-state index in [0.717, 1.165) is 10.7 Å². The first-order valence-corrected chi connectivity index (χ1v) is 9.95. The molecule has 1 amide bonds. The quantitative estimate of drug-likeness (QED) is 0.869. The summed E-state index contributed by atoms with van der Waals surface area (Å²) >= 11 is 1.54. The maximum absolute atomic E-state index is 12.5. The molecule has 0 unspecified atom stereocenters. The zero-order chi connectivity index (χ0) is 17.3. The average Bonchev–Trinajstić information content (AvgIpc) is 2.90. The van der Waals surface area contributed by atoms with Gasteiger partial charge in [0.15, 0.2) is 0 Å². The summed E-state index contributed by atoms with van der Waals surface area (Å²) in [6.45, 7) is 3.72. The fraction of sp³-hybridized carbons (Fsp3) is 0.312. The van der Waals surface area contributed by atoms with E-state index in [1.807, 2.05) is 6.92 Å². The number of anilines is 1. The molecule has 0 fully saturated rings. The first-order valence-electron chi connectivity index (χ1n) is 7.48. The van der Waals surface area contributed by atoms with E-state index >= 15 is 0 Å². The minimum absolute atomic E-state index is 0.0748. The van der Waals surface area contributed by atoms with Crippen LogP contribution < -0.4 is 10.0 Å². The van der Waals surface area contributed by atoms with Crippen molar-refractivity contribution in [1.29, 1.82) is 0 Å². The number of hydrogen-bond donors (Lipinski definition) is 2. The lowest BCUT2D eigenvalue weighted by atomic mass is 10.2. The number of carbonyl (C=O) groups excluding carboxylic acids is 1. The Morgan fingerprint density at radius 2 is 2.12 bits per heavy atom. The van der Waals surface area contributed by atoms with Crippen molar-refractivity contribution in [2.24, 2.45) is 5.92 Å². The summed E-state index contributed by atoms with van der Waals surface area (Å²) in [5.74, 6) is 1.71. The third-order valence-electron chi connectivity index (χ3n) is 3.69. The molecule has 8 heteroatoms. The van der Waals surface area contributed by atoms with Gasteiger partial charge in [0.05, 0.1) is 17.1 Å². The Kier molecular flexibility index (Phi) is 4.71. The maximum atomic E-state index is 12.5. The minimum Gasteiger partial charge on any atom is -0.465 e. The zero-order valence-electron chi connectivity index (χ0n) is 13.3. The molecule has 0 bridgehead atoms. The highest BCUT2D eigenvalue weighted by molar-refractivity contribution is 7.99. The van der Waals surface area contributed by atoms with Crippen molar-refractivity contribution in [3.63, 3.8) is 0 Å². The van der Waals surface area contributed by atoms with Gasteiger partial charge in [-0.25, -0.2) is 13.1 Å². The van der Waals surface area contributed by atoms with Crippen LogP contribution in [0, 0.1) is 12.8 Å². The summed E-state index contributed by atoms with van der Waals surface area (Å²) in [7, 11) is -3.70. The van der Waals surface area contributed by atoms with Crippen LogP contribution in [0.2, 0.25) is 0 Å².